The number of hydrogen-bond acceptors (Lipinski definition) is 3. The second kappa shape index (κ2) is 7.19. The summed E-state index contributed by atoms with van der Waals surface area (Å²) < 4.78 is 39.3. The highest BCUT2D eigenvalue weighted by Crippen LogP contribution is 2.39. The molecule has 0 amide bonds. The summed E-state index contributed by atoms with van der Waals surface area (Å²) >= 11 is 3.08. The Labute approximate surface area is 136 Å². The number of aliphatic hydroxyl groups is 1. The van der Waals surface area contributed by atoms with Gasteiger partial charge >= 0.3 is 6.18 Å². The summed E-state index contributed by atoms with van der Waals surface area (Å²) in [5.41, 5.74) is 4.70. The number of anilines is 1. The summed E-state index contributed by atoms with van der Waals surface area (Å²) in [4.78, 5) is 0. The van der Waals surface area contributed by atoms with Crippen molar-refractivity contribution < 1.29 is 18.3 Å². The first-order valence-electron chi connectivity index (χ1n) is 7.36. The largest absolute Gasteiger partial charge is 0.418 e. The van der Waals surface area contributed by atoms with Gasteiger partial charge in [0.05, 0.1) is 23.9 Å². The van der Waals surface area contributed by atoms with Gasteiger partial charge in [-0.15, -0.1) is 0 Å². The van der Waals surface area contributed by atoms with E-state index in [1.54, 1.807) is 6.07 Å². The highest BCUT2D eigenvalue weighted by atomic mass is 79.9. The number of nitrogens with one attached hydrogen (secondary N) is 1. The van der Waals surface area contributed by atoms with Gasteiger partial charge in [0.1, 0.15) is 0 Å². The first-order chi connectivity index (χ1) is 10.3. The van der Waals surface area contributed by atoms with Gasteiger partial charge in [-0.1, -0.05) is 19.3 Å². The fourth-order valence-electron chi connectivity index (χ4n) is 2.88. The van der Waals surface area contributed by atoms with Crippen LogP contribution in [0.4, 0.5) is 18.9 Å². The number of alkyl halides is 3. The van der Waals surface area contributed by atoms with Gasteiger partial charge in [0.25, 0.3) is 0 Å². The predicted octanol–water partition coefficient (Wildman–Crippen LogP) is 4.01. The van der Waals surface area contributed by atoms with Crippen LogP contribution in [0.1, 0.15) is 49.3 Å². The lowest BCUT2D eigenvalue weighted by Crippen LogP contribution is -2.36. The van der Waals surface area contributed by atoms with Crippen LogP contribution >= 0.6 is 15.9 Å². The fourth-order valence-corrected chi connectivity index (χ4v) is 3.36. The van der Waals surface area contributed by atoms with Crippen molar-refractivity contribution in [3.8, 4) is 0 Å². The highest BCUT2D eigenvalue weighted by molar-refractivity contribution is 9.10. The number of nitrogens with two attached hydrogens (primary N) is 1. The quantitative estimate of drug-likeness (QED) is 0.691. The van der Waals surface area contributed by atoms with Crippen LogP contribution in [-0.2, 0) is 6.18 Å². The van der Waals surface area contributed by atoms with Gasteiger partial charge in [-0.05, 0) is 46.5 Å². The second-order valence-electron chi connectivity index (χ2n) is 5.70. The van der Waals surface area contributed by atoms with Crippen molar-refractivity contribution in [3.63, 3.8) is 0 Å². The Morgan fingerprint density at radius 1 is 1.27 bits per heavy atom. The molecule has 1 aromatic rings. The van der Waals surface area contributed by atoms with Crippen molar-refractivity contribution in [2.45, 2.75) is 50.4 Å². The molecule has 1 aliphatic rings. The first kappa shape index (κ1) is 17.6. The van der Waals surface area contributed by atoms with Gasteiger partial charge < -0.3 is 16.2 Å². The van der Waals surface area contributed by atoms with Crippen LogP contribution in [-0.4, -0.2) is 17.8 Å². The molecular weight excluding hydrogens is 361 g/mol. The molecule has 1 atom stereocenters. The van der Waals surface area contributed by atoms with Gasteiger partial charge in [-0.25, -0.2) is 0 Å². The maximum absolute atomic E-state index is 13.1. The summed E-state index contributed by atoms with van der Waals surface area (Å²) in [6.45, 7) is -0.260. The fraction of sp³-hybridized carbons (Fsp3) is 0.600. The minimum atomic E-state index is -4.52. The third-order valence-corrected chi connectivity index (χ3v) is 4.74. The molecule has 22 heavy (non-hydrogen) atoms. The van der Waals surface area contributed by atoms with Crippen molar-refractivity contribution >= 4 is 21.6 Å². The van der Waals surface area contributed by atoms with Crippen LogP contribution in [0.3, 0.4) is 0 Å². The molecular formula is C15H20BrF3N2O. The van der Waals surface area contributed by atoms with Crippen molar-refractivity contribution in [3.05, 3.63) is 27.7 Å². The molecule has 4 N–H and O–H groups in total. The van der Waals surface area contributed by atoms with Gasteiger partial charge in [0.15, 0.2) is 0 Å². The molecule has 0 saturated heterocycles. The Morgan fingerprint density at radius 3 is 2.45 bits per heavy atom. The van der Waals surface area contributed by atoms with Crippen molar-refractivity contribution in [1.29, 1.82) is 0 Å². The molecule has 0 aromatic heterocycles. The smallest absolute Gasteiger partial charge is 0.397 e. The zero-order chi connectivity index (χ0) is 16.3. The molecule has 0 radical (unpaired) electrons. The number of benzene rings is 1. The predicted molar refractivity (Wildman–Crippen MR) is 83.4 cm³/mol. The van der Waals surface area contributed by atoms with Crippen LogP contribution < -0.4 is 11.1 Å². The summed E-state index contributed by atoms with van der Waals surface area (Å²) in [6.07, 6.45) is 0.850. The van der Waals surface area contributed by atoms with Crippen molar-refractivity contribution in [1.82, 2.24) is 5.32 Å². The van der Waals surface area contributed by atoms with Crippen LogP contribution in [0, 0.1) is 0 Å². The number of rotatable bonds is 4. The minimum Gasteiger partial charge on any atom is -0.397 e. The number of hydrogen-bond donors (Lipinski definition) is 3. The lowest BCUT2D eigenvalue weighted by Gasteiger charge is -2.28. The van der Waals surface area contributed by atoms with Crippen LogP contribution in [0.5, 0.6) is 0 Å². The molecule has 1 saturated carbocycles. The van der Waals surface area contributed by atoms with E-state index in [1.165, 1.54) is 6.42 Å². The average molecular weight is 381 g/mol. The summed E-state index contributed by atoms with van der Waals surface area (Å²) in [5.74, 6) is 0. The van der Waals surface area contributed by atoms with Crippen LogP contribution in [0.25, 0.3) is 0 Å². The maximum atomic E-state index is 13.1. The average Bonchev–Trinajstić information content (AvgIpc) is 2.47. The molecule has 0 spiro atoms. The van der Waals surface area contributed by atoms with Crippen molar-refractivity contribution in [2.75, 3.05) is 12.3 Å². The summed E-state index contributed by atoms with van der Waals surface area (Å²) in [6, 6.07) is 2.27. The molecule has 1 aliphatic carbocycles. The van der Waals surface area contributed by atoms with E-state index >= 15 is 0 Å². The molecule has 0 aliphatic heterocycles. The van der Waals surface area contributed by atoms with Gasteiger partial charge in [-0.2, -0.15) is 13.2 Å². The Morgan fingerprint density at radius 2 is 1.91 bits per heavy atom. The van der Waals surface area contributed by atoms with Gasteiger partial charge in [0.2, 0.25) is 0 Å². The van der Waals surface area contributed by atoms with E-state index in [4.69, 9.17) is 5.73 Å². The summed E-state index contributed by atoms with van der Waals surface area (Å²) in [5, 5.41) is 12.8. The summed E-state index contributed by atoms with van der Waals surface area (Å²) in [7, 11) is 0. The van der Waals surface area contributed by atoms with E-state index in [0.717, 1.165) is 31.7 Å². The molecule has 0 heterocycles. The topological polar surface area (TPSA) is 58.3 Å². The first-order valence-corrected chi connectivity index (χ1v) is 8.15. The number of halogens is 4. The van der Waals surface area contributed by atoms with E-state index in [0.29, 0.717) is 5.56 Å². The molecule has 1 aromatic carbocycles. The van der Waals surface area contributed by atoms with Gasteiger partial charge in [0, 0.05) is 10.5 Å². The lowest BCUT2D eigenvalue weighted by molar-refractivity contribution is -0.137. The maximum Gasteiger partial charge on any atom is 0.418 e. The molecule has 1 fully saturated rings. The zero-order valence-electron chi connectivity index (χ0n) is 12.1. The highest BCUT2D eigenvalue weighted by Gasteiger charge is 2.35. The van der Waals surface area contributed by atoms with E-state index in [2.05, 4.69) is 21.2 Å². The molecule has 1 unspecified atom stereocenters. The third kappa shape index (κ3) is 4.14. The SMILES string of the molecule is Nc1c(Br)cc(C(CO)NC2CCCCC2)cc1C(F)(F)F. The number of nitrogen functional groups attached to an aromatic ring is 1. The Kier molecular flexibility index (Phi) is 5.74. The Balaban J connectivity index is 2.26. The number of aliphatic hydroxyl groups excluding tert-OH is 1. The third-order valence-electron chi connectivity index (χ3n) is 4.08. The molecule has 2 rings (SSSR count). The standard InChI is InChI=1S/C15H20BrF3N2O/c16-12-7-9(6-11(14(12)20)15(17,18)19)13(8-22)21-10-4-2-1-3-5-10/h6-7,10,13,21-22H,1-5,8,20H2. The zero-order valence-corrected chi connectivity index (χ0v) is 13.7. The second-order valence-corrected chi connectivity index (χ2v) is 6.55. The Bertz CT molecular complexity index is 516. The molecule has 3 nitrogen and oxygen atoms in total. The Hall–Kier alpha value is -0.790. The van der Waals surface area contributed by atoms with Crippen LogP contribution in [0.2, 0.25) is 0 Å². The minimum absolute atomic E-state index is 0.196. The normalized spacial score (nSPS) is 18.4. The molecule has 124 valence electrons. The van der Waals surface area contributed by atoms with E-state index in [-0.39, 0.29) is 22.8 Å². The van der Waals surface area contributed by atoms with E-state index in [1.807, 2.05) is 0 Å². The van der Waals surface area contributed by atoms with E-state index < -0.39 is 17.8 Å². The van der Waals surface area contributed by atoms with Crippen LogP contribution in [0.15, 0.2) is 16.6 Å². The van der Waals surface area contributed by atoms with Crippen molar-refractivity contribution in [2.24, 2.45) is 0 Å². The monoisotopic (exact) mass is 380 g/mol. The molecule has 0 bridgehead atoms. The molecule has 7 heteroatoms. The van der Waals surface area contributed by atoms with E-state index in [9.17, 15) is 18.3 Å². The lowest BCUT2D eigenvalue weighted by atomic mass is 9.93. The van der Waals surface area contributed by atoms with Gasteiger partial charge in [-0.3, -0.25) is 0 Å².